The van der Waals surface area contributed by atoms with Gasteiger partial charge in [0.05, 0.1) is 11.6 Å². The zero-order chi connectivity index (χ0) is 14.1. The smallest absolute Gasteiger partial charge is 0.226 e. The molecule has 0 radical (unpaired) electrons. The number of rotatable bonds is 1. The van der Waals surface area contributed by atoms with Crippen LogP contribution >= 0.6 is 24.0 Å². The van der Waals surface area contributed by atoms with Crippen LogP contribution in [0, 0.1) is 17.2 Å². The standard InChI is InChI=1S/C16H19N3O.HI/c17-8-11-1-2-13-9-19(10-14(13)7-11)16(20)12-3-5-15(18)6-4-12;/h1-2,7,12,15H,3-6,9-10,18H2;1H/t12-,15-;. The van der Waals surface area contributed by atoms with Crippen LogP contribution in [-0.4, -0.2) is 16.8 Å². The third-order valence-corrected chi connectivity index (χ3v) is 4.49. The second-order valence-electron chi connectivity index (χ2n) is 5.90. The van der Waals surface area contributed by atoms with E-state index in [9.17, 15) is 4.79 Å². The molecule has 21 heavy (non-hydrogen) atoms. The molecule has 1 saturated carbocycles. The highest BCUT2D eigenvalue weighted by atomic mass is 127. The molecular formula is C16H20IN3O. The van der Waals surface area contributed by atoms with E-state index in [2.05, 4.69) is 6.07 Å². The van der Waals surface area contributed by atoms with Crippen molar-refractivity contribution in [2.24, 2.45) is 11.7 Å². The van der Waals surface area contributed by atoms with Gasteiger partial charge in [-0.1, -0.05) is 6.07 Å². The fourth-order valence-electron chi connectivity index (χ4n) is 3.24. The van der Waals surface area contributed by atoms with Crippen LogP contribution in [0.5, 0.6) is 0 Å². The monoisotopic (exact) mass is 397 g/mol. The Balaban J connectivity index is 0.00000161. The fraction of sp³-hybridized carbons (Fsp3) is 0.500. The highest BCUT2D eigenvalue weighted by Gasteiger charge is 2.31. The maximum absolute atomic E-state index is 12.6. The van der Waals surface area contributed by atoms with Gasteiger partial charge in [-0.2, -0.15) is 5.26 Å². The van der Waals surface area contributed by atoms with E-state index in [-0.39, 0.29) is 41.8 Å². The summed E-state index contributed by atoms with van der Waals surface area (Å²) in [5.74, 6) is 0.395. The van der Waals surface area contributed by atoms with Gasteiger partial charge in [0.1, 0.15) is 0 Å². The summed E-state index contributed by atoms with van der Waals surface area (Å²) < 4.78 is 0. The summed E-state index contributed by atoms with van der Waals surface area (Å²) in [4.78, 5) is 14.5. The maximum Gasteiger partial charge on any atom is 0.226 e. The first-order valence-electron chi connectivity index (χ1n) is 7.23. The Hall–Kier alpha value is -1.13. The predicted octanol–water partition coefficient (Wildman–Crippen LogP) is 2.54. The molecule has 0 spiro atoms. The maximum atomic E-state index is 12.6. The summed E-state index contributed by atoms with van der Waals surface area (Å²) >= 11 is 0. The van der Waals surface area contributed by atoms with Crippen LogP contribution in [0.4, 0.5) is 0 Å². The normalized spacial score (nSPS) is 23.9. The molecule has 1 fully saturated rings. The molecule has 2 aliphatic rings. The lowest BCUT2D eigenvalue weighted by molar-refractivity contribution is -0.137. The first-order valence-corrected chi connectivity index (χ1v) is 7.23. The lowest BCUT2D eigenvalue weighted by Gasteiger charge is -2.28. The zero-order valence-corrected chi connectivity index (χ0v) is 14.2. The minimum absolute atomic E-state index is 0. The van der Waals surface area contributed by atoms with Crippen molar-refractivity contribution in [2.45, 2.75) is 44.8 Å². The third kappa shape index (κ3) is 3.38. The van der Waals surface area contributed by atoms with Crippen molar-refractivity contribution in [3.63, 3.8) is 0 Å². The van der Waals surface area contributed by atoms with Gasteiger partial charge in [0, 0.05) is 25.0 Å². The molecule has 2 N–H and O–H groups in total. The Labute approximate surface area is 142 Å². The molecule has 1 aromatic rings. The van der Waals surface area contributed by atoms with Crippen LogP contribution in [0.15, 0.2) is 18.2 Å². The molecule has 112 valence electrons. The predicted molar refractivity (Wildman–Crippen MR) is 90.8 cm³/mol. The van der Waals surface area contributed by atoms with Crippen molar-refractivity contribution in [1.29, 1.82) is 5.26 Å². The number of nitrogens with zero attached hydrogens (tertiary/aromatic N) is 2. The average molecular weight is 397 g/mol. The Morgan fingerprint density at radius 3 is 2.52 bits per heavy atom. The molecule has 1 aliphatic carbocycles. The Bertz CT molecular complexity index is 573. The van der Waals surface area contributed by atoms with Crippen molar-refractivity contribution >= 4 is 29.9 Å². The molecule has 4 nitrogen and oxygen atoms in total. The van der Waals surface area contributed by atoms with Crippen LogP contribution in [0.2, 0.25) is 0 Å². The van der Waals surface area contributed by atoms with Gasteiger partial charge in [-0.25, -0.2) is 0 Å². The Kier molecular flexibility index (Phi) is 5.22. The fourth-order valence-corrected chi connectivity index (χ4v) is 3.24. The van der Waals surface area contributed by atoms with Crippen LogP contribution in [0.3, 0.4) is 0 Å². The molecule has 5 heteroatoms. The van der Waals surface area contributed by atoms with Gasteiger partial charge in [-0.3, -0.25) is 4.79 Å². The molecule has 0 saturated heterocycles. The number of fused-ring (bicyclic) bond motifs is 1. The minimum Gasteiger partial charge on any atom is -0.334 e. The molecule has 0 aromatic heterocycles. The van der Waals surface area contributed by atoms with Gasteiger partial charge >= 0.3 is 0 Å². The van der Waals surface area contributed by atoms with E-state index >= 15 is 0 Å². The first kappa shape index (κ1) is 16.2. The molecule has 1 aromatic carbocycles. The van der Waals surface area contributed by atoms with Gasteiger partial charge in [-0.15, -0.1) is 24.0 Å². The highest BCUT2D eigenvalue weighted by molar-refractivity contribution is 14.0. The number of carbonyl (C=O) groups is 1. The number of carbonyl (C=O) groups excluding carboxylic acids is 1. The second-order valence-corrected chi connectivity index (χ2v) is 5.90. The number of hydrogen-bond donors (Lipinski definition) is 1. The average Bonchev–Trinajstić information content (AvgIpc) is 2.90. The van der Waals surface area contributed by atoms with Gasteiger partial charge in [0.25, 0.3) is 0 Å². The van der Waals surface area contributed by atoms with E-state index < -0.39 is 0 Å². The summed E-state index contributed by atoms with van der Waals surface area (Å²) in [6, 6.07) is 8.12. The van der Waals surface area contributed by atoms with Crippen molar-refractivity contribution < 1.29 is 4.79 Å². The van der Waals surface area contributed by atoms with Gasteiger partial charge < -0.3 is 10.6 Å². The van der Waals surface area contributed by atoms with Crippen molar-refractivity contribution in [1.82, 2.24) is 4.90 Å². The minimum atomic E-state index is 0. The zero-order valence-electron chi connectivity index (χ0n) is 11.9. The van der Waals surface area contributed by atoms with E-state index in [0.29, 0.717) is 18.7 Å². The highest BCUT2D eigenvalue weighted by Crippen LogP contribution is 2.30. The lowest BCUT2D eigenvalue weighted by atomic mass is 9.85. The molecular weight excluding hydrogens is 377 g/mol. The SMILES string of the molecule is I.N#Cc1ccc2c(c1)CN(C(=O)[C@H]1CC[C@H](N)CC1)C2. The third-order valence-electron chi connectivity index (χ3n) is 4.49. The van der Waals surface area contributed by atoms with Gasteiger partial charge in [0.2, 0.25) is 5.91 Å². The number of benzene rings is 1. The summed E-state index contributed by atoms with van der Waals surface area (Å²) in [7, 11) is 0. The Morgan fingerprint density at radius 1 is 1.19 bits per heavy atom. The molecule has 1 heterocycles. The first-order chi connectivity index (χ1) is 9.67. The molecule has 0 bridgehead atoms. The second kappa shape index (κ2) is 6.75. The number of amides is 1. The molecule has 0 atom stereocenters. The number of nitriles is 1. The molecule has 1 aliphatic heterocycles. The molecule has 3 rings (SSSR count). The van der Waals surface area contributed by atoms with Crippen LogP contribution in [0.25, 0.3) is 0 Å². The number of halogens is 1. The van der Waals surface area contributed by atoms with Crippen LogP contribution < -0.4 is 5.73 Å². The van der Waals surface area contributed by atoms with Crippen molar-refractivity contribution in [3.05, 3.63) is 34.9 Å². The topological polar surface area (TPSA) is 70.1 Å². The largest absolute Gasteiger partial charge is 0.334 e. The van der Waals surface area contributed by atoms with Gasteiger partial charge in [-0.05, 0) is 48.9 Å². The number of nitrogens with two attached hydrogens (primary N) is 1. The molecule has 0 unspecified atom stereocenters. The van der Waals surface area contributed by atoms with Gasteiger partial charge in [0.15, 0.2) is 0 Å². The van der Waals surface area contributed by atoms with Crippen molar-refractivity contribution in [3.8, 4) is 6.07 Å². The van der Waals surface area contributed by atoms with E-state index in [1.807, 2.05) is 23.1 Å². The Morgan fingerprint density at radius 2 is 1.86 bits per heavy atom. The van der Waals surface area contributed by atoms with Crippen molar-refractivity contribution in [2.75, 3.05) is 0 Å². The summed E-state index contributed by atoms with van der Waals surface area (Å²) in [5.41, 5.74) is 8.85. The van der Waals surface area contributed by atoms with E-state index in [1.54, 1.807) is 0 Å². The van der Waals surface area contributed by atoms with E-state index in [0.717, 1.165) is 31.2 Å². The quantitative estimate of drug-likeness (QED) is 0.741. The summed E-state index contributed by atoms with van der Waals surface area (Å²) in [5, 5.41) is 8.93. The van der Waals surface area contributed by atoms with Crippen LogP contribution in [-0.2, 0) is 17.9 Å². The molecule has 1 amide bonds. The van der Waals surface area contributed by atoms with E-state index in [4.69, 9.17) is 11.0 Å². The number of hydrogen-bond acceptors (Lipinski definition) is 3. The summed E-state index contributed by atoms with van der Waals surface area (Å²) in [6.07, 6.45) is 3.73. The summed E-state index contributed by atoms with van der Waals surface area (Å²) in [6.45, 7) is 1.33. The van der Waals surface area contributed by atoms with Crippen LogP contribution in [0.1, 0.15) is 42.4 Å². The van der Waals surface area contributed by atoms with E-state index in [1.165, 1.54) is 5.56 Å². The lowest BCUT2D eigenvalue weighted by Crippen LogP contribution is -2.36.